The number of anilines is 1. The highest BCUT2D eigenvalue weighted by molar-refractivity contribution is 5.97. The standard InChI is InChI=1S/C29H24FN9O.C2H6.2CH2O/c1-31-9-15-4-17(6-20(30)5-15)23-13-33-14-24-25(23)37-28(36-24)26-22-8-19(11-34-27(22)39-38-26)18-7-21(12-32-10-18)35-29(40)16-2-3-16;3*1-2/h4-8,10-14,16,31H,2-3,9H2,1H3,(H,35,40)(H,36,37)(H,34,38,39);1-2H3;2*1H2. The topological polar surface area (TPSA) is 171 Å². The highest BCUT2D eigenvalue weighted by Crippen LogP contribution is 2.34. The second-order valence-corrected chi connectivity index (χ2v) is 9.97. The van der Waals surface area contributed by atoms with Crippen molar-refractivity contribution in [1.82, 2.24) is 40.4 Å². The van der Waals surface area contributed by atoms with Crippen LogP contribution in [0.1, 0.15) is 32.3 Å². The fourth-order valence-electron chi connectivity index (χ4n) is 4.87. The average Bonchev–Trinajstić information content (AvgIpc) is 3.73. The van der Waals surface area contributed by atoms with Gasteiger partial charge in [0.2, 0.25) is 5.91 Å². The van der Waals surface area contributed by atoms with Crippen molar-refractivity contribution in [3.8, 4) is 33.8 Å². The van der Waals surface area contributed by atoms with Crippen LogP contribution in [0.3, 0.4) is 0 Å². The van der Waals surface area contributed by atoms with Crippen LogP contribution in [-0.2, 0) is 20.9 Å². The molecule has 5 heterocycles. The average molecular weight is 624 g/mol. The highest BCUT2D eigenvalue weighted by Gasteiger charge is 2.29. The molecule has 1 amide bonds. The molecule has 0 radical (unpaired) electrons. The minimum atomic E-state index is -0.320. The van der Waals surface area contributed by atoms with E-state index in [4.69, 9.17) is 14.6 Å². The Labute approximate surface area is 264 Å². The molecule has 1 aliphatic carbocycles. The Bertz CT molecular complexity index is 1950. The van der Waals surface area contributed by atoms with E-state index in [1.807, 2.05) is 52.7 Å². The van der Waals surface area contributed by atoms with Crippen LogP contribution in [0.4, 0.5) is 10.1 Å². The smallest absolute Gasteiger partial charge is 0.227 e. The molecule has 7 rings (SSSR count). The van der Waals surface area contributed by atoms with Gasteiger partial charge in [0.15, 0.2) is 11.5 Å². The first-order valence-electron chi connectivity index (χ1n) is 14.5. The summed E-state index contributed by atoms with van der Waals surface area (Å²) in [5.74, 6) is 0.367. The number of nitrogens with one attached hydrogen (secondary N) is 4. The van der Waals surface area contributed by atoms with E-state index in [0.29, 0.717) is 46.0 Å². The van der Waals surface area contributed by atoms with E-state index in [-0.39, 0.29) is 17.6 Å². The second-order valence-electron chi connectivity index (χ2n) is 9.97. The van der Waals surface area contributed by atoms with Crippen molar-refractivity contribution >= 4 is 47.2 Å². The lowest BCUT2D eigenvalue weighted by Crippen LogP contribution is -2.13. The molecule has 0 spiro atoms. The van der Waals surface area contributed by atoms with E-state index >= 15 is 0 Å². The van der Waals surface area contributed by atoms with Gasteiger partial charge in [0.25, 0.3) is 0 Å². The third kappa shape index (κ3) is 7.16. The van der Waals surface area contributed by atoms with Gasteiger partial charge in [0.05, 0.1) is 34.5 Å². The van der Waals surface area contributed by atoms with Crippen molar-refractivity contribution in [3.05, 3.63) is 72.7 Å². The summed E-state index contributed by atoms with van der Waals surface area (Å²) in [6, 6.07) is 8.78. The molecule has 0 bridgehead atoms. The highest BCUT2D eigenvalue weighted by atomic mass is 19.1. The second kappa shape index (κ2) is 15.3. The molecule has 0 unspecified atom stereocenters. The number of rotatable bonds is 7. The largest absolute Gasteiger partial charge is 0.335 e. The predicted molar refractivity (Wildman–Crippen MR) is 175 cm³/mol. The van der Waals surface area contributed by atoms with E-state index in [9.17, 15) is 9.18 Å². The van der Waals surface area contributed by atoms with E-state index < -0.39 is 0 Å². The number of pyridine rings is 3. The van der Waals surface area contributed by atoms with Crippen LogP contribution in [0.2, 0.25) is 0 Å². The molecular formula is C33H34FN9O3. The summed E-state index contributed by atoms with van der Waals surface area (Å²) in [6.07, 6.45) is 10.3. The summed E-state index contributed by atoms with van der Waals surface area (Å²) in [5, 5.41) is 14.2. The number of halogens is 1. The van der Waals surface area contributed by atoms with Crippen LogP contribution in [0.5, 0.6) is 0 Å². The Morgan fingerprint density at radius 2 is 1.67 bits per heavy atom. The van der Waals surface area contributed by atoms with Crippen LogP contribution in [-0.4, -0.2) is 61.7 Å². The summed E-state index contributed by atoms with van der Waals surface area (Å²) >= 11 is 0. The number of carbonyl (C=O) groups excluding carboxylic acids is 3. The van der Waals surface area contributed by atoms with Gasteiger partial charge in [-0.25, -0.2) is 14.4 Å². The molecule has 1 fully saturated rings. The normalized spacial score (nSPS) is 11.8. The van der Waals surface area contributed by atoms with Gasteiger partial charge < -0.3 is 25.2 Å². The Balaban J connectivity index is 0.000000758. The Kier molecular flexibility index (Phi) is 11.1. The number of fused-ring (bicyclic) bond motifs is 2. The van der Waals surface area contributed by atoms with E-state index in [1.165, 1.54) is 12.1 Å². The van der Waals surface area contributed by atoms with Gasteiger partial charge in [-0.05, 0) is 61.3 Å². The zero-order chi connectivity index (χ0) is 33.2. The van der Waals surface area contributed by atoms with E-state index in [0.717, 1.165) is 40.5 Å². The van der Waals surface area contributed by atoms with Crippen molar-refractivity contribution in [2.45, 2.75) is 33.2 Å². The van der Waals surface area contributed by atoms with Crippen molar-refractivity contribution in [3.63, 3.8) is 0 Å². The number of amides is 1. The number of nitrogens with zero attached hydrogens (tertiary/aromatic N) is 5. The van der Waals surface area contributed by atoms with Gasteiger partial charge in [-0.3, -0.25) is 19.9 Å². The fraction of sp³-hybridized carbons (Fsp3) is 0.212. The van der Waals surface area contributed by atoms with Crippen LogP contribution < -0.4 is 10.6 Å². The molecule has 1 saturated carbocycles. The molecular weight excluding hydrogens is 589 g/mol. The van der Waals surface area contributed by atoms with Crippen molar-refractivity contribution in [2.75, 3.05) is 12.4 Å². The molecule has 46 heavy (non-hydrogen) atoms. The number of imidazole rings is 1. The maximum Gasteiger partial charge on any atom is 0.227 e. The number of hydrogen-bond donors (Lipinski definition) is 4. The predicted octanol–water partition coefficient (Wildman–Crippen LogP) is 5.49. The van der Waals surface area contributed by atoms with E-state index in [1.54, 1.807) is 31.0 Å². The van der Waals surface area contributed by atoms with Crippen LogP contribution in [0.15, 0.2) is 61.3 Å². The molecule has 236 valence electrons. The minimum Gasteiger partial charge on any atom is -0.335 e. The van der Waals surface area contributed by atoms with Crippen LogP contribution in [0.25, 0.3) is 55.8 Å². The number of H-pyrrole nitrogens is 2. The number of carbonyl (C=O) groups is 3. The summed E-state index contributed by atoms with van der Waals surface area (Å²) in [5.41, 5.74) is 7.09. The fourth-order valence-corrected chi connectivity index (χ4v) is 4.87. The summed E-state index contributed by atoms with van der Waals surface area (Å²) in [4.78, 5) is 49.6. The maximum atomic E-state index is 14.4. The molecule has 0 saturated heterocycles. The van der Waals surface area contributed by atoms with Crippen molar-refractivity contribution in [1.29, 1.82) is 0 Å². The third-order valence-corrected chi connectivity index (χ3v) is 6.98. The summed E-state index contributed by atoms with van der Waals surface area (Å²) in [7, 11) is 1.82. The molecule has 0 atom stereocenters. The molecule has 1 aromatic carbocycles. The van der Waals surface area contributed by atoms with Crippen LogP contribution >= 0.6 is 0 Å². The van der Waals surface area contributed by atoms with Gasteiger partial charge >= 0.3 is 0 Å². The minimum absolute atomic E-state index is 0.0277. The van der Waals surface area contributed by atoms with Gasteiger partial charge in [0, 0.05) is 47.7 Å². The number of aromatic amines is 2. The lowest BCUT2D eigenvalue weighted by atomic mass is 10.0. The zero-order valence-electron chi connectivity index (χ0n) is 25.7. The maximum absolute atomic E-state index is 14.4. The number of aromatic nitrogens is 7. The first-order chi connectivity index (χ1) is 22.6. The summed E-state index contributed by atoms with van der Waals surface area (Å²) in [6.45, 7) is 8.54. The molecule has 0 aliphatic heterocycles. The molecule has 12 nitrogen and oxygen atoms in total. The Morgan fingerprint density at radius 1 is 0.935 bits per heavy atom. The lowest BCUT2D eigenvalue weighted by molar-refractivity contribution is -0.117. The molecule has 1 aliphatic rings. The Morgan fingerprint density at radius 3 is 2.41 bits per heavy atom. The number of hydrogen-bond acceptors (Lipinski definition) is 9. The van der Waals surface area contributed by atoms with Crippen molar-refractivity contribution in [2.24, 2.45) is 5.92 Å². The van der Waals surface area contributed by atoms with Gasteiger partial charge in [-0.15, -0.1) is 0 Å². The quantitative estimate of drug-likeness (QED) is 0.179. The Hall–Kier alpha value is -5.69. The SMILES string of the molecule is C=O.C=O.CC.CNCc1cc(F)cc(-c2cncc3[nH]c(-c4[nH]nc5ncc(-c6cncc(NC(=O)C7CC7)c6)cc45)nc23)c1. The molecule has 4 N–H and O–H groups in total. The molecule has 13 heteroatoms. The summed E-state index contributed by atoms with van der Waals surface area (Å²) < 4.78 is 14.4. The van der Waals surface area contributed by atoms with Crippen LogP contribution in [0, 0.1) is 11.7 Å². The first-order valence-corrected chi connectivity index (χ1v) is 14.5. The number of benzene rings is 1. The van der Waals surface area contributed by atoms with Crippen molar-refractivity contribution < 1.29 is 18.8 Å². The third-order valence-electron chi connectivity index (χ3n) is 6.98. The molecule has 6 aromatic rings. The van der Waals surface area contributed by atoms with Gasteiger partial charge in [-0.2, -0.15) is 5.10 Å². The first kappa shape index (κ1) is 33.2. The zero-order valence-corrected chi connectivity index (χ0v) is 25.7. The van der Waals surface area contributed by atoms with Gasteiger partial charge in [-0.1, -0.05) is 13.8 Å². The lowest BCUT2D eigenvalue weighted by Gasteiger charge is -2.07. The van der Waals surface area contributed by atoms with E-state index in [2.05, 4.69) is 40.8 Å². The molecule has 5 aromatic heterocycles. The van der Waals surface area contributed by atoms with Gasteiger partial charge in [0.1, 0.15) is 25.1 Å². The monoisotopic (exact) mass is 623 g/mol.